The third-order valence-electron chi connectivity index (χ3n) is 3.34. The molecule has 0 aliphatic carbocycles. The summed E-state index contributed by atoms with van der Waals surface area (Å²) < 4.78 is 0. The molecule has 0 bridgehead atoms. The lowest BCUT2D eigenvalue weighted by molar-refractivity contribution is -0.126. The SMILES string of the molecule is CCC(CC)NC(=O)C(C)N(C)C(C)C(N)=S. The highest BCUT2D eigenvalue weighted by atomic mass is 32.1. The first-order valence-corrected chi connectivity index (χ1v) is 6.57. The molecular weight excluding hydrogens is 234 g/mol. The molecule has 0 aromatic heterocycles. The van der Waals surface area contributed by atoms with E-state index in [1.54, 1.807) is 0 Å². The summed E-state index contributed by atoms with van der Waals surface area (Å²) in [6.07, 6.45) is 1.90. The third kappa shape index (κ3) is 5.00. The van der Waals surface area contributed by atoms with Gasteiger partial charge in [-0.1, -0.05) is 26.1 Å². The fraction of sp³-hybridized carbons (Fsp3) is 0.833. The van der Waals surface area contributed by atoms with Gasteiger partial charge in [0.05, 0.1) is 17.1 Å². The molecule has 17 heavy (non-hydrogen) atoms. The van der Waals surface area contributed by atoms with Gasteiger partial charge >= 0.3 is 0 Å². The van der Waals surface area contributed by atoms with E-state index in [4.69, 9.17) is 18.0 Å². The number of hydrogen-bond acceptors (Lipinski definition) is 3. The van der Waals surface area contributed by atoms with Gasteiger partial charge in [0.25, 0.3) is 0 Å². The maximum atomic E-state index is 12.0. The third-order valence-corrected chi connectivity index (χ3v) is 3.69. The van der Waals surface area contributed by atoms with E-state index in [2.05, 4.69) is 19.2 Å². The molecule has 0 fully saturated rings. The van der Waals surface area contributed by atoms with Crippen LogP contribution >= 0.6 is 12.2 Å². The Hall–Kier alpha value is -0.680. The molecule has 0 radical (unpaired) electrons. The Morgan fingerprint density at radius 1 is 1.29 bits per heavy atom. The Labute approximate surface area is 110 Å². The summed E-state index contributed by atoms with van der Waals surface area (Å²) in [6.45, 7) is 7.91. The van der Waals surface area contributed by atoms with Crippen molar-refractivity contribution in [3.63, 3.8) is 0 Å². The minimum absolute atomic E-state index is 0.0318. The number of thiocarbonyl (C=S) groups is 1. The first kappa shape index (κ1) is 16.3. The summed E-state index contributed by atoms with van der Waals surface area (Å²) in [4.78, 5) is 14.3. The molecule has 0 heterocycles. The monoisotopic (exact) mass is 259 g/mol. The maximum absolute atomic E-state index is 12.0. The molecule has 0 spiro atoms. The van der Waals surface area contributed by atoms with Gasteiger partial charge < -0.3 is 11.1 Å². The highest BCUT2D eigenvalue weighted by Crippen LogP contribution is 2.05. The van der Waals surface area contributed by atoms with Crippen LogP contribution in [0, 0.1) is 0 Å². The summed E-state index contributed by atoms with van der Waals surface area (Å²) in [7, 11) is 1.86. The number of amides is 1. The minimum Gasteiger partial charge on any atom is -0.392 e. The Bertz CT molecular complexity index is 266. The zero-order chi connectivity index (χ0) is 13.6. The van der Waals surface area contributed by atoms with E-state index < -0.39 is 0 Å². The van der Waals surface area contributed by atoms with Gasteiger partial charge in [0.1, 0.15) is 0 Å². The van der Waals surface area contributed by atoms with Gasteiger partial charge in [0.15, 0.2) is 0 Å². The smallest absolute Gasteiger partial charge is 0.237 e. The number of rotatable bonds is 7. The highest BCUT2D eigenvalue weighted by molar-refractivity contribution is 7.80. The van der Waals surface area contributed by atoms with Crippen LogP contribution < -0.4 is 11.1 Å². The van der Waals surface area contributed by atoms with Crippen molar-refractivity contribution in [2.45, 2.75) is 58.7 Å². The predicted octanol–water partition coefficient (Wildman–Crippen LogP) is 1.29. The first-order valence-electron chi connectivity index (χ1n) is 6.16. The number of carbonyl (C=O) groups is 1. The molecule has 0 aromatic carbocycles. The van der Waals surface area contributed by atoms with Crippen molar-refractivity contribution in [3.05, 3.63) is 0 Å². The normalized spacial score (nSPS) is 14.8. The second-order valence-electron chi connectivity index (χ2n) is 4.44. The number of hydrogen-bond donors (Lipinski definition) is 2. The number of nitrogens with two attached hydrogens (primary N) is 1. The molecule has 0 aromatic rings. The number of likely N-dealkylation sites (N-methyl/N-ethyl adjacent to an activating group) is 1. The summed E-state index contributed by atoms with van der Waals surface area (Å²) in [5.41, 5.74) is 5.59. The van der Waals surface area contributed by atoms with Crippen LogP contribution in [0.1, 0.15) is 40.5 Å². The molecule has 100 valence electrons. The van der Waals surface area contributed by atoms with Crippen molar-refractivity contribution < 1.29 is 4.79 Å². The molecule has 0 aliphatic rings. The molecule has 1 amide bonds. The zero-order valence-electron chi connectivity index (χ0n) is 11.5. The van der Waals surface area contributed by atoms with Crippen LogP contribution in [0.25, 0.3) is 0 Å². The van der Waals surface area contributed by atoms with Crippen LogP contribution in [0.4, 0.5) is 0 Å². The Morgan fingerprint density at radius 3 is 2.12 bits per heavy atom. The van der Waals surface area contributed by atoms with Gasteiger partial charge in [-0.2, -0.15) is 0 Å². The van der Waals surface area contributed by atoms with Crippen molar-refractivity contribution in [2.24, 2.45) is 5.73 Å². The fourth-order valence-corrected chi connectivity index (χ4v) is 1.70. The lowest BCUT2D eigenvalue weighted by Crippen LogP contribution is -2.52. The molecule has 2 unspecified atom stereocenters. The van der Waals surface area contributed by atoms with E-state index >= 15 is 0 Å². The van der Waals surface area contributed by atoms with Gasteiger partial charge in [-0.3, -0.25) is 9.69 Å². The Balaban J connectivity index is 4.43. The zero-order valence-corrected chi connectivity index (χ0v) is 12.3. The van der Waals surface area contributed by atoms with Crippen LogP contribution in [0.5, 0.6) is 0 Å². The van der Waals surface area contributed by atoms with Crippen LogP contribution in [0.2, 0.25) is 0 Å². The van der Waals surface area contributed by atoms with Crippen molar-refractivity contribution in [2.75, 3.05) is 7.05 Å². The largest absolute Gasteiger partial charge is 0.392 e. The Kier molecular flexibility index (Phi) is 7.30. The summed E-state index contributed by atoms with van der Waals surface area (Å²) in [5.74, 6) is 0.0318. The molecule has 0 rings (SSSR count). The molecule has 0 saturated heterocycles. The Morgan fingerprint density at radius 2 is 1.76 bits per heavy atom. The molecular formula is C12H25N3OS. The maximum Gasteiger partial charge on any atom is 0.237 e. The minimum atomic E-state index is -0.230. The molecule has 5 heteroatoms. The average molecular weight is 259 g/mol. The van der Waals surface area contributed by atoms with Crippen LogP contribution in [0.3, 0.4) is 0 Å². The summed E-state index contributed by atoms with van der Waals surface area (Å²) in [6, 6.07) is -0.0574. The lowest BCUT2D eigenvalue weighted by atomic mass is 10.1. The molecule has 3 N–H and O–H groups in total. The quantitative estimate of drug-likeness (QED) is 0.676. The average Bonchev–Trinajstić information content (AvgIpc) is 2.32. The van der Waals surface area contributed by atoms with Crippen LogP contribution in [-0.4, -0.2) is 41.0 Å². The van der Waals surface area contributed by atoms with E-state index in [-0.39, 0.29) is 24.0 Å². The van der Waals surface area contributed by atoms with Gasteiger partial charge in [0.2, 0.25) is 5.91 Å². The lowest BCUT2D eigenvalue weighted by Gasteiger charge is -2.30. The highest BCUT2D eigenvalue weighted by Gasteiger charge is 2.24. The topological polar surface area (TPSA) is 58.4 Å². The van der Waals surface area contributed by atoms with Crippen molar-refractivity contribution in [1.82, 2.24) is 10.2 Å². The number of nitrogens with one attached hydrogen (secondary N) is 1. The molecule has 0 aliphatic heterocycles. The van der Waals surface area contributed by atoms with E-state index in [1.165, 1.54) is 0 Å². The van der Waals surface area contributed by atoms with Crippen LogP contribution in [0.15, 0.2) is 0 Å². The van der Waals surface area contributed by atoms with Gasteiger partial charge in [0, 0.05) is 6.04 Å². The number of carbonyl (C=O) groups excluding carboxylic acids is 1. The standard InChI is InChI=1S/C12H25N3OS/c1-6-10(7-2)14-12(16)9(4)15(5)8(3)11(13)17/h8-10H,6-7H2,1-5H3,(H2,13,17)(H,14,16). The van der Waals surface area contributed by atoms with E-state index in [0.717, 1.165) is 12.8 Å². The van der Waals surface area contributed by atoms with Crippen molar-refractivity contribution in [1.29, 1.82) is 0 Å². The summed E-state index contributed by atoms with van der Waals surface area (Å²) in [5, 5.41) is 3.03. The molecule has 0 saturated carbocycles. The molecule has 4 nitrogen and oxygen atoms in total. The molecule has 2 atom stereocenters. The second kappa shape index (κ2) is 7.61. The summed E-state index contributed by atoms with van der Waals surface area (Å²) >= 11 is 4.94. The van der Waals surface area contributed by atoms with Gasteiger partial charge in [-0.15, -0.1) is 0 Å². The fourth-order valence-electron chi connectivity index (χ4n) is 1.54. The van der Waals surface area contributed by atoms with E-state index in [9.17, 15) is 4.79 Å². The predicted molar refractivity (Wildman–Crippen MR) is 76.0 cm³/mol. The van der Waals surface area contributed by atoms with E-state index in [1.807, 2.05) is 25.8 Å². The van der Waals surface area contributed by atoms with Crippen LogP contribution in [-0.2, 0) is 4.79 Å². The second-order valence-corrected chi connectivity index (χ2v) is 4.91. The first-order chi connectivity index (χ1) is 7.84. The van der Waals surface area contributed by atoms with Gasteiger partial charge in [-0.25, -0.2) is 0 Å². The number of nitrogens with zero attached hydrogens (tertiary/aromatic N) is 1. The van der Waals surface area contributed by atoms with E-state index in [0.29, 0.717) is 4.99 Å². The van der Waals surface area contributed by atoms with Gasteiger partial charge in [-0.05, 0) is 33.7 Å². The van der Waals surface area contributed by atoms with Crippen molar-refractivity contribution >= 4 is 23.1 Å². The van der Waals surface area contributed by atoms with Crippen molar-refractivity contribution in [3.8, 4) is 0 Å².